The van der Waals surface area contributed by atoms with Gasteiger partial charge in [0.25, 0.3) is 0 Å². The van der Waals surface area contributed by atoms with Gasteiger partial charge in [-0.3, -0.25) is 4.99 Å². The molecule has 2 heterocycles. The van der Waals surface area contributed by atoms with Crippen LogP contribution in [0.15, 0.2) is 29.3 Å². The van der Waals surface area contributed by atoms with Gasteiger partial charge in [-0.1, -0.05) is 31.0 Å². The van der Waals surface area contributed by atoms with Crippen LogP contribution in [0.2, 0.25) is 0 Å². The largest absolute Gasteiger partial charge is 0.493 e. The molecule has 0 aliphatic carbocycles. The van der Waals surface area contributed by atoms with Gasteiger partial charge in [0.05, 0.1) is 19.2 Å². The van der Waals surface area contributed by atoms with Gasteiger partial charge in [-0.2, -0.15) is 0 Å². The number of hydrogen-bond acceptors (Lipinski definition) is 3. The first kappa shape index (κ1) is 19.3. The van der Waals surface area contributed by atoms with Crippen LogP contribution in [0.4, 0.5) is 0 Å². The van der Waals surface area contributed by atoms with Crippen molar-refractivity contribution in [1.29, 1.82) is 0 Å². The van der Waals surface area contributed by atoms with Crippen LogP contribution in [0.3, 0.4) is 0 Å². The second kappa shape index (κ2) is 10.1. The minimum absolute atomic E-state index is 0. The molecule has 0 bridgehead atoms. The van der Waals surface area contributed by atoms with Crippen molar-refractivity contribution in [3.8, 4) is 5.75 Å². The molecule has 1 aromatic rings. The van der Waals surface area contributed by atoms with Crippen LogP contribution in [0.5, 0.6) is 5.75 Å². The number of fused-ring (bicyclic) bond motifs is 1. The van der Waals surface area contributed by atoms with Gasteiger partial charge in [-0.05, 0) is 32.0 Å². The molecule has 134 valence electrons. The number of halogens is 1. The van der Waals surface area contributed by atoms with Crippen LogP contribution in [0.25, 0.3) is 0 Å². The van der Waals surface area contributed by atoms with Gasteiger partial charge in [-0.25, -0.2) is 0 Å². The zero-order valence-corrected chi connectivity index (χ0v) is 16.6. The zero-order chi connectivity index (χ0) is 15.9. The van der Waals surface area contributed by atoms with Crippen LogP contribution in [-0.2, 0) is 0 Å². The molecule has 1 unspecified atom stereocenters. The third-order valence-corrected chi connectivity index (χ3v) is 4.68. The molecule has 2 aliphatic heterocycles. The lowest BCUT2D eigenvalue weighted by molar-refractivity contribution is 0.262. The summed E-state index contributed by atoms with van der Waals surface area (Å²) in [5, 5.41) is 3.35. The number of guanidine groups is 1. The highest BCUT2D eigenvalue weighted by atomic mass is 127. The van der Waals surface area contributed by atoms with Gasteiger partial charge in [0.15, 0.2) is 5.96 Å². The number of likely N-dealkylation sites (tertiary alicyclic amines) is 1. The third kappa shape index (κ3) is 5.51. The molecule has 0 spiro atoms. The van der Waals surface area contributed by atoms with E-state index in [1.807, 2.05) is 18.2 Å². The van der Waals surface area contributed by atoms with Gasteiger partial charge >= 0.3 is 0 Å². The predicted octanol–water partition coefficient (Wildman–Crippen LogP) is 2.91. The van der Waals surface area contributed by atoms with Crippen molar-refractivity contribution < 1.29 is 4.74 Å². The lowest BCUT2D eigenvalue weighted by Crippen LogP contribution is -2.38. The summed E-state index contributed by atoms with van der Waals surface area (Å²) < 4.78 is 5.68. The molecule has 2 aliphatic rings. The monoisotopic (exact) mass is 444 g/mol. The van der Waals surface area contributed by atoms with Crippen LogP contribution < -0.4 is 15.8 Å². The Hall–Kier alpha value is -1.02. The molecule has 0 saturated carbocycles. The topological polar surface area (TPSA) is 62.9 Å². The van der Waals surface area contributed by atoms with Crippen molar-refractivity contribution in [2.75, 3.05) is 32.8 Å². The van der Waals surface area contributed by atoms with E-state index in [-0.39, 0.29) is 30.0 Å². The minimum Gasteiger partial charge on any atom is -0.493 e. The predicted molar refractivity (Wildman–Crippen MR) is 109 cm³/mol. The Kier molecular flexibility index (Phi) is 8.11. The maximum atomic E-state index is 6.09. The molecule has 1 fully saturated rings. The summed E-state index contributed by atoms with van der Waals surface area (Å²) in [6.45, 7) is 4.90. The summed E-state index contributed by atoms with van der Waals surface area (Å²) in [6, 6.07) is 8.34. The molecule has 1 atom stereocenters. The summed E-state index contributed by atoms with van der Waals surface area (Å²) in [6.07, 6.45) is 6.28. The molecule has 0 amide bonds. The van der Waals surface area contributed by atoms with Gasteiger partial charge in [0.1, 0.15) is 5.75 Å². The van der Waals surface area contributed by atoms with Crippen molar-refractivity contribution >= 4 is 29.9 Å². The lowest BCUT2D eigenvalue weighted by Gasteiger charge is -2.27. The number of nitrogens with zero attached hydrogens (tertiary/aromatic N) is 2. The normalized spacial score (nSPS) is 21.8. The van der Waals surface area contributed by atoms with Crippen LogP contribution >= 0.6 is 24.0 Å². The van der Waals surface area contributed by atoms with Crippen LogP contribution in [0, 0.1) is 0 Å². The molecule has 6 heteroatoms. The Bertz CT molecular complexity index is 530. The van der Waals surface area contributed by atoms with Crippen LogP contribution in [-0.4, -0.2) is 43.6 Å². The van der Waals surface area contributed by atoms with E-state index in [9.17, 15) is 0 Å². The minimum atomic E-state index is 0. The quantitative estimate of drug-likeness (QED) is 0.426. The highest BCUT2D eigenvalue weighted by Gasteiger charge is 2.21. The fraction of sp³-hybridized carbons (Fsp3) is 0.611. The van der Waals surface area contributed by atoms with Crippen molar-refractivity contribution in [2.24, 2.45) is 10.7 Å². The molecule has 1 aromatic carbocycles. The van der Waals surface area contributed by atoms with Crippen molar-refractivity contribution in [3.63, 3.8) is 0 Å². The van der Waals surface area contributed by atoms with E-state index in [2.05, 4.69) is 21.3 Å². The summed E-state index contributed by atoms with van der Waals surface area (Å²) in [5.74, 6) is 1.50. The first-order valence-electron chi connectivity index (χ1n) is 8.83. The van der Waals surface area contributed by atoms with E-state index in [1.165, 1.54) is 44.3 Å². The Labute approximate surface area is 162 Å². The van der Waals surface area contributed by atoms with Crippen molar-refractivity contribution in [1.82, 2.24) is 10.2 Å². The van der Waals surface area contributed by atoms with Gasteiger partial charge in [0, 0.05) is 18.5 Å². The number of rotatable bonds is 4. The van der Waals surface area contributed by atoms with Crippen LogP contribution in [0.1, 0.15) is 43.7 Å². The van der Waals surface area contributed by atoms with E-state index < -0.39 is 0 Å². The van der Waals surface area contributed by atoms with Gasteiger partial charge in [0.2, 0.25) is 0 Å². The summed E-state index contributed by atoms with van der Waals surface area (Å²) in [4.78, 5) is 7.02. The Morgan fingerprint density at radius 2 is 1.96 bits per heavy atom. The fourth-order valence-corrected chi connectivity index (χ4v) is 3.39. The fourth-order valence-electron chi connectivity index (χ4n) is 3.39. The third-order valence-electron chi connectivity index (χ3n) is 4.68. The molecular formula is C18H29IN4O. The van der Waals surface area contributed by atoms with E-state index in [4.69, 9.17) is 10.5 Å². The lowest BCUT2D eigenvalue weighted by atomic mass is 10.0. The highest BCUT2D eigenvalue weighted by Crippen LogP contribution is 2.31. The van der Waals surface area contributed by atoms with Gasteiger partial charge < -0.3 is 20.7 Å². The van der Waals surface area contributed by atoms with E-state index in [0.717, 1.165) is 31.9 Å². The molecule has 24 heavy (non-hydrogen) atoms. The second-order valence-corrected chi connectivity index (χ2v) is 6.39. The summed E-state index contributed by atoms with van der Waals surface area (Å²) in [7, 11) is 0. The Balaban J connectivity index is 0.00000208. The number of ether oxygens (including phenoxy) is 1. The first-order valence-corrected chi connectivity index (χ1v) is 8.83. The number of hydrogen-bond donors (Lipinski definition) is 2. The Morgan fingerprint density at radius 1 is 1.21 bits per heavy atom. The molecule has 0 radical (unpaired) electrons. The number of nitrogens with one attached hydrogen (secondary N) is 1. The van der Waals surface area contributed by atoms with E-state index >= 15 is 0 Å². The highest BCUT2D eigenvalue weighted by molar-refractivity contribution is 14.0. The van der Waals surface area contributed by atoms with Crippen molar-refractivity contribution in [2.45, 2.75) is 38.1 Å². The average Bonchev–Trinajstić information content (AvgIpc) is 2.84. The maximum Gasteiger partial charge on any atom is 0.189 e. The standard InChI is InChI=1S/C18H28N4O.HI/c19-18(20-10-13-22-11-5-1-2-6-12-22)21-16-9-14-23-17-8-4-3-7-15(16)17;/h3-4,7-8,16H,1-2,5-6,9-14H2,(H3,19,20,21);1H. The summed E-state index contributed by atoms with van der Waals surface area (Å²) in [5.41, 5.74) is 7.26. The van der Waals surface area contributed by atoms with Crippen molar-refractivity contribution in [3.05, 3.63) is 29.8 Å². The smallest absolute Gasteiger partial charge is 0.189 e. The average molecular weight is 444 g/mol. The number of benzene rings is 1. The molecule has 5 nitrogen and oxygen atoms in total. The number of nitrogens with two attached hydrogens (primary N) is 1. The first-order chi connectivity index (χ1) is 11.3. The zero-order valence-electron chi connectivity index (χ0n) is 14.2. The molecule has 3 N–H and O–H groups in total. The maximum absolute atomic E-state index is 6.09. The molecule has 3 rings (SSSR count). The SMILES string of the molecule is I.NC(=NCCN1CCCCCC1)NC1CCOc2ccccc21. The number of para-hydroxylation sites is 1. The molecule has 1 saturated heterocycles. The van der Waals surface area contributed by atoms with Gasteiger partial charge in [-0.15, -0.1) is 24.0 Å². The van der Waals surface area contributed by atoms with E-state index in [0.29, 0.717) is 5.96 Å². The second-order valence-electron chi connectivity index (χ2n) is 6.39. The molecule has 0 aromatic heterocycles. The molecular weight excluding hydrogens is 415 g/mol. The van der Waals surface area contributed by atoms with E-state index in [1.54, 1.807) is 0 Å². The number of aliphatic imine (C=N–C) groups is 1. The summed E-state index contributed by atoms with van der Waals surface area (Å²) >= 11 is 0. The Morgan fingerprint density at radius 3 is 2.75 bits per heavy atom.